The van der Waals surface area contributed by atoms with Gasteiger partial charge in [-0.05, 0) is 99.2 Å². The van der Waals surface area contributed by atoms with Gasteiger partial charge in [0.2, 0.25) is 16.1 Å². The quantitative estimate of drug-likeness (QED) is 0.350. The zero-order valence-electron chi connectivity index (χ0n) is 19.9. The SMILES string of the molecule is C[C@@]1(O)CC[C@@]2(C)[C@@H](CC[C@@H]3[C@@H]2CC[C@]2(C)[C@@H](C(=O)C[S+]=S(=O)([O-])[O-])CC[C@@H]32)C1.[Na+].[Na+]. The van der Waals surface area contributed by atoms with Gasteiger partial charge in [0, 0.05) is 5.92 Å². The van der Waals surface area contributed by atoms with Crippen LogP contribution in [0, 0.1) is 40.4 Å². The summed E-state index contributed by atoms with van der Waals surface area (Å²) in [5.41, 5.74) is -0.291. The Kier molecular flexibility index (Phi) is 9.51. The first kappa shape index (κ1) is 29.2. The maximum Gasteiger partial charge on any atom is 1.00 e. The molecule has 0 aromatic heterocycles. The van der Waals surface area contributed by atoms with E-state index in [0.717, 1.165) is 44.9 Å². The number of aliphatic hydroxyl groups is 1. The predicted molar refractivity (Wildman–Crippen MR) is 113 cm³/mol. The minimum absolute atomic E-state index is 0. The molecule has 0 saturated heterocycles. The molecule has 0 spiro atoms. The van der Waals surface area contributed by atoms with Crippen LogP contribution in [0.2, 0.25) is 0 Å². The van der Waals surface area contributed by atoms with Crippen molar-refractivity contribution in [3.05, 3.63) is 0 Å². The molecule has 0 unspecified atom stereocenters. The van der Waals surface area contributed by atoms with Gasteiger partial charge in [0.05, 0.1) is 14.7 Å². The van der Waals surface area contributed by atoms with Gasteiger partial charge in [-0.2, -0.15) is 0 Å². The Labute approximate surface area is 235 Å². The van der Waals surface area contributed by atoms with Crippen molar-refractivity contribution >= 4 is 25.2 Å². The Morgan fingerprint density at radius 1 is 0.968 bits per heavy atom. The smallest absolute Gasteiger partial charge is 0.746 e. The molecule has 4 saturated carbocycles. The molecule has 0 radical (unpaired) electrons. The fourth-order valence-corrected chi connectivity index (χ4v) is 9.43. The zero-order chi connectivity index (χ0) is 21.2. The summed E-state index contributed by atoms with van der Waals surface area (Å²) >= 11 is 0. The first-order valence-electron chi connectivity index (χ1n) is 11.2. The molecule has 166 valence electrons. The number of fused-ring (bicyclic) bond motifs is 5. The largest absolute Gasteiger partial charge is 1.00 e. The fraction of sp³-hybridized carbons (Fsp3) is 0.955. The van der Waals surface area contributed by atoms with Crippen LogP contribution in [0.3, 0.4) is 0 Å². The average Bonchev–Trinajstić information content (AvgIpc) is 2.97. The molecular weight excluding hydrogens is 454 g/mol. The van der Waals surface area contributed by atoms with Gasteiger partial charge in [-0.1, -0.05) is 13.8 Å². The van der Waals surface area contributed by atoms with E-state index in [4.69, 9.17) is 0 Å². The fourth-order valence-electron chi connectivity index (χ4n) is 8.19. The van der Waals surface area contributed by atoms with E-state index in [-0.39, 0.29) is 92.3 Å². The third kappa shape index (κ3) is 5.52. The normalized spacial score (nSPS) is 46.5. The first-order chi connectivity index (χ1) is 13.4. The summed E-state index contributed by atoms with van der Waals surface area (Å²) in [6, 6.07) is 0. The summed E-state index contributed by atoms with van der Waals surface area (Å²) in [4.78, 5) is 12.8. The third-order valence-electron chi connectivity index (χ3n) is 9.69. The van der Waals surface area contributed by atoms with Crippen LogP contribution in [0.25, 0.3) is 0 Å². The summed E-state index contributed by atoms with van der Waals surface area (Å²) in [5.74, 6) is 2.04. The number of hydrogen-bond donors (Lipinski definition) is 1. The predicted octanol–water partition coefficient (Wildman–Crippen LogP) is -2.48. The minimum Gasteiger partial charge on any atom is -0.746 e. The molecule has 4 aliphatic carbocycles. The van der Waals surface area contributed by atoms with Crippen molar-refractivity contribution < 1.29 is 82.3 Å². The molecule has 0 bridgehead atoms. The molecule has 8 atom stereocenters. The topological polar surface area (TPSA) is 100 Å². The zero-order valence-corrected chi connectivity index (χ0v) is 25.5. The summed E-state index contributed by atoms with van der Waals surface area (Å²) in [6.45, 7) is 6.70. The monoisotopic (exact) mass is 489 g/mol. The molecule has 9 heteroatoms. The number of carbonyl (C=O) groups is 1. The van der Waals surface area contributed by atoms with E-state index in [9.17, 15) is 23.2 Å². The molecule has 0 aromatic carbocycles. The molecular formula is C22H35Na2O5S2+. The second kappa shape index (κ2) is 10.1. The van der Waals surface area contributed by atoms with Crippen molar-refractivity contribution in [2.45, 2.75) is 84.2 Å². The standard InChI is InChI=1S/C22H36O5S2.2Na/c1-20(24)10-11-21(2)14(12-20)4-5-15-16-6-7-18(19(23)13-28-29(25,26)27)22(16,3)9-8-17(15)21;;/h14-18,24H,4-13H2,1-3H3,(H-,25,26,27);;/q;2*+1/p-1/t14-,15-,16-,17-,18+,20+,21-,22-;;/m0../s1. The van der Waals surface area contributed by atoms with Crippen LogP contribution >= 0.6 is 0 Å². The van der Waals surface area contributed by atoms with E-state index < -0.39 is 14.7 Å². The summed E-state index contributed by atoms with van der Waals surface area (Å²) in [7, 11) is -4.18. The molecule has 4 aliphatic rings. The maximum absolute atomic E-state index is 12.8. The molecule has 0 aromatic rings. The van der Waals surface area contributed by atoms with Gasteiger partial charge >= 0.3 is 59.1 Å². The van der Waals surface area contributed by atoms with Crippen LogP contribution in [-0.2, 0) is 24.2 Å². The van der Waals surface area contributed by atoms with Crippen molar-refractivity contribution in [3.8, 4) is 0 Å². The van der Waals surface area contributed by atoms with Crippen LogP contribution in [0.1, 0.15) is 78.6 Å². The third-order valence-corrected chi connectivity index (χ3v) is 11.6. The molecule has 5 nitrogen and oxygen atoms in total. The van der Waals surface area contributed by atoms with E-state index >= 15 is 0 Å². The van der Waals surface area contributed by atoms with Crippen molar-refractivity contribution in [2.75, 3.05) is 5.75 Å². The van der Waals surface area contributed by atoms with E-state index in [1.165, 1.54) is 12.8 Å². The van der Waals surface area contributed by atoms with Gasteiger partial charge in [-0.3, -0.25) is 4.79 Å². The van der Waals surface area contributed by atoms with Crippen molar-refractivity contribution in [1.82, 2.24) is 0 Å². The van der Waals surface area contributed by atoms with Crippen LogP contribution < -0.4 is 59.1 Å². The molecule has 4 rings (SSSR count). The Bertz CT molecular complexity index is 804. The molecule has 0 heterocycles. The Morgan fingerprint density at radius 3 is 2.26 bits per heavy atom. The van der Waals surface area contributed by atoms with E-state index in [1.807, 2.05) is 6.92 Å². The molecule has 0 amide bonds. The average molecular weight is 490 g/mol. The number of Topliss-reactive ketones (excluding diaryl/α,β-unsaturated/α-hetero) is 1. The number of hydrogen-bond acceptors (Lipinski definition) is 5. The van der Waals surface area contributed by atoms with Crippen LogP contribution in [0.5, 0.6) is 0 Å². The second-order valence-corrected chi connectivity index (χ2v) is 14.4. The van der Waals surface area contributed by atoms with Crippen molar-refractivity contribution in [1.29, 1.82) is 0 Å². The number of ketones is 1. The second-order valence-electron chi connectivity index (χ2n) is 11.2. The van der Waals surface area contributed by atoms with Crippen molar-refractivity contribution in [2.24, 2.45) is 40.4 Å². The summed E-state index contributed by atoms with van der Waals surface area (Å²) < 4.78 is 32.9. The molecule has 1 N–H and O–H groups in total. The first-order valence-corrected chi connectivity index (χ1v) is 14.1. The Morgan fingerprint density at radius 2 is 1.61 bits per heavy atom. The van der Waals surface area contributed by atoms with E-state index in [2.05, 4.69) is 13.8 Å². The maximum atomic E-state index is 12.8. The Balaban J connectivity index is 0.00000171. The van der Waals surface area contributed by atoms with Crippen LogP contribution in [0.4, 0.5) is 0 Å². The number of rotatable bonds is 3. The summed E-state index contributed by atoms with van der Waals surface area (Å²) in [5, 5.41) is 10.6. The minimum atomic E-state index is -4.42. The van der Waals surface area contributed by atoms with Gasteiger partial charge in [0.15, 0.2) is 5.78 Å². The van der Waals surface area contributed by atoms with E-state index in [0.29, 0.717) is 29.1 Å². The van der Waals surface area contributed by atoms with Gasteiger partial charge in [-0.25, -0.2) is 4.21 Å². The van der Waals surface area contributed by atoms with Gasteiger partial charge < -0.3 is 14.2 Å². The Hall–Kier alpha value is 1.92. The van der Waals surface area contributed by atoms with Crippen LogP contribution in [-0.4, -0.2) is 35.6 Å². The van der Waals surface area contributed by atoms with E-state index in [1.54, 1.807) is 0 Å². The molecule has 0 aliphatic heterocycles. The van der Waals surface area contributed by atoms with Gasteiger partial charge in [0.1, 0.15) is 0 Å². The van der Waals surface area contributed by atoms with Crippen molar-refractivity contribution in [3.63, 3.8) is 0 Å². The van der Waals surface area contributed by atoms with Crippen LogP contribution in [0.15, 0.2) is 0 Å². The van der Waals surface area contributed by atoms with Gasteiger partial charge in [0.25, 0.3) is 0 Å². The van der Waals surface area contributed by atoms with Gasteiger partial charge in [-0.15, -0.1) is 0 Å². The number of carbonyl (C=O) groups excluding carboxylic acids is 1. The molecule has 31 heavy (non-hydrogen) atoms. The summed E-state index contributed by atoms with van der Waals surface area (Å²) in [6.07, 6.45) is 9.26. The molecule has 4 fully saturated rings.